The van der Waals surface area contributed by atoms with Gasteiger partial charge in [-0.3, -0.25) is 4.79 Å². The molecule has 0 spiro atoms. The lowest BCUT2D eigenvalue weighted by Crippen LogP contribution is -2.17. The van der Waals surface area contributed by atoms with Crippen LogP contribution in [0.2, 0.25) is 0 Å². The molecule has 0 aliphatic carbocycles. The Labute approximate surface area is 121 Å². The first-order chi connectivity index (χ1) is 9.45. The molecular weight excluding hydrogens is 276 g/mol. The molecule has 0 N–H and O–H groups in total. The van der Waals surface area contributed by atoms with Crippen LogP contribution in [-0.2, 0) is 19.4 Å². The smallest absolute Gasteiger partial charge is 0.185 e. The predicted molar refractivity (Wildman–Crippen MR) is 78.4 cm³/mol. The van der Waals surface area contributed by atoms with Gasteiger partial charge in [-0.05, 0) is 30.9 Å². The van der Waals surface area contributed by atoms with Gasteiger partial charge in [0, 0.05) is 20.1 Å². The molecule has 1 aromatic rings. The monoisotopic (exact) mass is 298 g/mol. The van der Waals surface area contributed by atoms with Gasteiger partial charge in [0.2, 0.25) is 0 Å². The molecule has 1 atom stereocenters. The molecular formula is C15H22O4S. The van der Waals surface area contributed by atoms with Crippen LogP contribution >= 0.6 is 0 Å². The molecule has 0 radical (unpaired) electrons. The molecule has 5 heteroatoms. The van der Waals surface area contributed by atoms with Crippen molar-refractivity contribution in [1.29, 1.82) is 0 Å². The van der Waals surface area contributed by atoms with E-state index in [1.807, 2.05) is 6.92 Å². The van der Waals surface area contributed by atoms with Gasteiger partial charge in [0.25, 0.3) is 0 Å². The number of hydrogen-bond donors (Lipinski definition) is 0. The van der Waals surface area contributed by atoms with Crippen LogP contribution in [0.3, 0.4) is 0 Å². The maximum Gasteiger partial charge on any atom is 0.185 e. The van der Waals surface area contributed by atoms with Crippen molar-refractivity contribution in [3.8, 4) is 0 Å². The fraction of sp³-hybridized carbons (Fsp3) is 0.533. The number of methoxy groups -OCH3 is 1. The van der Waals surface area contributed by atoms with E-state index in [1.165, 1.54) is 12.1 Å². The van der Waals surface area contributed by atoms with E-state index in [9.17, 15) is 13.2 Å². The first kappa shape index (κ1) is 16.9. The Balaban J connectivity index is 2.46. The number of rotatable bonds is 9. The van der Waals surface area contributed by atoms with Crippen LogP contribution in [0, 0.1) is 5.92 Å². The minimum atomic E-state index is -3.50. The number of ether oxygens (including phenoxy) is 1. The van der Waals surface area contributed by atoms with E-state index < -0.39 is 15.6 Å². The average molecular weight is 298 g/mol. The zero-order chi connectivity index (χ0) is 15.0. The summed E-state index contributed by atoms with van der Waals surface area (Å²) in [4.78, 5) is 12.0. The molecule has 20 heavy (non-hydrogen) atoms. The number of carbonyl (C=O) groups excluding carboxylic acids is 1. The molecule has 0 aliphatic heterocycles. The highest BCUT2D eigenvalue weighted by Crippen LogP contribution is 2.14. The topological polar surface area (TPSA) is 60.4 Å². The Morgan fingerprint density at radius 3 is 2.45 bits per heavy atom. The number of Topliss-reactive ketones (excluding diaryl/α,β-unsaturated/α-hetero) is 1. The molecule has 0 fully saturated rings. The van der Waals surface area contributed by atoms with Gasteiger partial charge in [-0.15, -0.1) is 0 Å². The molecule has 1 aromatic carbocycles. The minimum absolute atomic E-state index is 0.209. The standard InChI is InChI=1S/C15H22O4S/c1-13(10-11-19-2)8-9-14(16)12-20(17,18)15-6-4-3-5-7-15/h3-7,13H,8-12H2,1-2H3/t13-/m1/s1. The SMILES string of the molecule is COCC[C@H](C)CCC(=O)CS(=O)(=O)c1ccccc1. The predicted octanol–water partition coefficient (Wildman–Crippen LogP) is 2.48. The summed E-state index contributed by atoms with van der Waals surface area (Å²) >= 11 is 0. The number of hydrogen-bond acceptors (Lipinski definition) is 4. The molecule has 0 heterocycles. The molecule has 0 unspecified atom stereocenters. The van der Waals surface area contributed by atoms with E-state index in [-0.39, 0.29) is 10.7 Å². The molecule has 1 rings (SSSR count). The Hall–Kier alpha value is -1.20. The van der Waals surface area contributed by atoms with Crippen molar-refractivity contribution < 1.29 is 17.9 Å². The lowest BCUT2D eigenvalue weighted by molar-refractivity contribution is -0.117. The van der Waals surface area contributed by atoms with Crippen molar-refractivity contribution in [2.24, 2.45) is 5.92 Å². The van der Waals surface area contributed by atoms with Gasteiger partial charge >= 0.3 is 0 Å². The van der Waals surface area contributed by atoms with Crippen LogP contribution in [-0.4, -0.2) is 33.7 Å². The van der Waals surface area contributed by atoms with Crippen molar-refractivity contribution in [3.63, 3.8) is 0 Å². The third-order valence-electron chi connectivity index (χ3n) is 3.18. The summed E-state index contributed by atoms with van der Waals surface area (Å²) in [7, 11) is -1.86. The van der Waals surface area contributed by atoms with E-state index in [0.29, 0.717) is 25.4 Å². The highest BCUT2D eigenvalue weighted by Gasteiger charge is 2.19. The molecule has 0 saturated carbocycles. The first-order valence-electron chi connectivity index (χ1n) is 6.74. The third-order valence-corrected chi connectivity index (χ3v) is 4.88. The Morgan fingerprint density at radius 2 is 1.85 bits per heavy atom. The maximum atomic E-state index is 12.0. The quantitative estimate of drug-likeness (QED) is 0.702. The normalized spacial score (nSPS) is 13.1. The second-order valence-electron chi connectivity index (χ2n) is 5.04. The minimum Gasteiger partial charge on any atom is -0.385 e. The van der Waals surface area contributed by atoms with Crippen molar-refractivity contribution in [2.45, 2.75) is 31.1 Å². The summed E-state index contributed by atoms with van der Waals surface area (Å²) in [6.07, 6.45) is 1.89. The molecule has 112 valence electrons. The van der Waals surface area contributed by atoms with Gasteiger partial charge in [0.05, 0.1) is 4.90 Å². The lowest BCUT2D eigenvalue weighted by Gasteiger charge is -2.10. The van der Waals surface area contributed by atoms with E-state index in [1.54, 1.807) is 25.3 Å². The van der Waals surface area contributed by atoms with Crippen LogP contribution in [0.15, 0.2) is 35.2 Å². The molecule has 4 nitrogen and oxygen atoms in total. The summed E-state index contributed by atoms with van der Waals surface area (Å²) < 4.78 is 29.0. The van der Waals surface area contributed by atoms with Crippen molar-refractivity contribution in [3.05, 3.63) is 30.3 Å². The van der Waals surface area contributed by atoms with Gasteiger partial charge in [-0.25, -0.2) is 8.42 Å². The van der Waals surface area contributed by atoms with Gasteiger partial charge in [0.15, 0.2) is 9.84 Å². The number of benzene rings is 1. The summed E-state index contributed by atoms with van der Waals surface area (Å²) in [6.45, 7) is 2.70. The number of sulfone groups is 1. The van der Waals surface area contributed by atoms with Crippen molar-refractivity contribution in [1.82, 2.24) is 0 Å². The summed E-state index contributed by atoms with van der Waals surface area (Å²) in [6, 6.07) is 8.10. The third kappa shape index (κ3) is 5.84. The molecule has 0 bridgehead atoms. The van der Waals surface area contributed by atoms with Gasteiger partial charge in [-0.1, -0.05) is 25.1 Å². The van der Waals surface area contributed by atoms with Crippen molar-refractivity contribution in [2.75, 3.05) is 19.5 Å². The zero-order valence-electron chi connectivity index (χ0n) is 12.0. The van der Waals surface area contributed by atoms with Crippen LogP contribution in [0.25, 0.3) is 0 Å². The highest BCUT2D eigenvalue weighted by molar-refractivity contribution is 7.92. The van der Waals surface area contributed by atoms with E-state index in [0.717, 1.165) is 6.42 Å². The van der Waals surface area contributed by atoms with Gasteiger partial charge in [-0.2, -0.15) is 0 Å². The molecule has 0 aromatic heterocycles. The number of ketones is 1. The second-order valence-corrected chi connectivity index (χ2v) is 7.03. The van der Waals surface area contributed by atoms with Crippen LogP contribution in [0.5, 0.6) is 0 Å². The molecule has 0 aliphatic rings. The Morgan fingerprint density at radius 1 is 1.20 bits per heavy atom. The Kier molecular flexibility index (Phi) is 6.88. The van der Waals surface area contributed by atoms with Gasteiger partial charge < -0.3 is 4.74 Å². The van der Waals surface area contributed by atoms with E-state index in [4.69, 9.17) is 4.74 Å². The van der Waals surface area contributed by atoms with E-state index in [2.05, 4.69) is 0 Å². The molecule has 0 amide bonds. The second kappa shape index (κ2) is 8.17. The highest BCUT2D eigenvalue weighted by atomic mass is 32.2. The fourth-order valence-electron chi connectivity index (χ4n) is 1.87. The van der Waals surface area contributed by atoms with Crippen LogP contribution in [0.4, 0.5) is 0 Å². The average Bonchev–Trinajstić information content (AvgIpc) is 2.43. The number of carbonyl (C=O) groups is 1. The van der Waals surface area contributed by atoms with E-state index >= 15 is 0 Å². The molecule has 0 saturated heterocycles. The summed E-state index contributed by atoms with van der Waals surface area (Å²) in [5.74, 6) is -0.273. The van der Waals surface area contributed by atoms with Crippen LogP contribution < -0.4 is 0 Å². The lowest BCUT2D eigenvalue weighted by atomic mass is 10.0. The first-order valence-corrected chi connectivity index (χ1v) is 8.39. The largest absolute Gasteiger partial charge is 0.385 e. The Bertz CT molecular complexity index is 508. The van der Waals surface area contributed by atoms with Crippen LogP contribution in [0.1, 0.15) is 26.2 Å². The maximum absolute atomic E-state index is 12.0. The fourth-order valence-corrected chi connectivity index (χ4v) is 3.17. The van der Waals surface area contributed by atoms with Crippen molar-refractivity contribution >= 4 is 15.6 Å². The summed E-state index contributed by atoms with van der Waals surface area (Å²) in [5.41, 5.74) is 0. The zero-order valence-corrected chi connectivity index (χ0v) is 12.9. The summed E-state index contributed by atoms with van der Waals surface area (Å²) in [5, 5.41) is 0. The van der Waals surface area contributed by atoms with Gasteiger partial charge in [0.1, 0.15) is 11.5 Å².